The molecule has 0 aliphatic rings. The molecule has 7 aromatic carbocycles. The summed E-state index contributed by atoms with van der Waals surface area (Å²) in [6.45, 7) is 0.659. The number of hydrogen-bond donors (Lipinski definition) is 0. The van der Waals surface area contributed by atoms with E-state index in [1.807, 2.05) is 146 Å². The summed E-state index contributed by atoms with van der Waals surface area (Å²) >= 11 is -0.0492. The molecular formula is C60H42N12O6Se6. The van der Waals surface area contributed by atoms with E-state index < -0.39 is 0 Å². The zero-order chi connectivity index (χ0) is 56.3. The third-order valence-corrected chi connectivity index (χ3v) is 19.9. The van der Waals surface area contributed by atoms with E-state index in [9.17, 15) is 0 Å². The second-order valence-corrected chi connectivity index (χ2v) is 26.2. The van der Waals surface area contributed by atoms with Crippen LogP contribution >= 0.6 is 0 Å². The van der Waals surface area contributed by atoms with Gasteiger partial charge in [-0.05, 0) is 0 Å². The first-order chi connectivity index (χ1) is 41.6. The van der Waals surface area contributed by atoms with Gasteiger partial charge < -0.3 is 0 Å². The van der Waals surface area contributed by atoms with Gasteiger partial charge in [-0.25, -0.2) is 0 Å². The van der Waals surface area contributed by atoms with Crippen LogP contribution in [0.5, 0.6) is 34.5 Å². The van der Waals surface area contributed by atoms with Crippen molar-refractivity contribution in [1.82, 2.24) is 55.2 Å². The van der Waals surface area contributed by atoms with E-state index in [4.69, 9.17) is 28.4 Å². The quantitative estimate of drug-likeness (QED) is 0.0521. The standard InChI is InChI=1S/C60H42N12O6Se6/c1-13-43(14-2-37(1)55-31-79-67-61-55)73-25-49-50(26-74-44-15-3-38(4-16-44)56-32-80-68-62-56)52(28-76-46-19-7-40(8-20-46)58-34-82-70-64-58)54(30-78-48-23-11-42(12-24-48)60-36-84-72-66-60)53(29-77-47-21-9-41(10-22-47)59-35-83-71-65-59)51(49)27-75-45-17-5-39(6-18-45)57-33-81-69-63-57/h1-24,31-36H,25-30H2. The molecule has 84 heavy (non-hydrogen) atoms. The van der Waals surface area contributed by atoms with E-state index >= 15 is 0 Å². The Balaban J connectivity index is 0.957. The van der Waals surface area contributed by atoms with Crippen molar-refractivity contribution in [1.29, 1.82) is 0 Å². The molecule has 24 heteroatoms. The molecule has 13 rings (SSSR count). The fourth-order valence-electron chi connectivity index (χ4n) is 9.15. The molecular weight excluding hydrogens is 1460 g/mol. The maximum atomic E-state index is 6.92. The number of hydrogen-bond acceptors (Lipinski definition) is 18. The van der Waals surface area contributed by atoms with Gasteiger partial charge in [-0.2, -0.15) is 0 Å². The van der Waals surface area contributed by atoms with Crippen molar-refractivity contribution in [3.05, 3.63) is 209 Å². The molecule has 6 aromatic heterocycles. The van der Waals surface area contributed by atoms with Crippen molar-refractivity contribution in [3.8, 4) is 102 Å². The summed E-state index contributed by atoms with van der Waals surface area (Å²) in [6.07, 6.45) is 0. The van der Waals surface area contributed by atoms with E-state index in [1.165, 1.54) is 0 Å². The zero-order valence-electron chi connectivity index (χ0n) is 43.8. The van der Waals surface area contributed by atoms with E-state index in [-0.39, 0.29) is 128 Å². The summed E-state index contributed by atoms with van der Waals surface area (Å²) in [5.41, 5.74) is 15.9. The fourth-order valence-corrected chi connectivity index (χ4v) is 15.0. The van der Waals surface area contributed by atoms with Crippen LogP contribution in [0, 0.1) is 0 Å². The number of nitrogens with zero attached hydrogens (tertiary/aromatic N) is 12. The average Bonchev–Trinajstić information content (AvgIpc) is 4.59. The first-order valence-electron chi connectivity index (χ1n) is 25.8. The van der Waals surface area contributed by atoms with Gasteiger partial charge in [0.25, 0.3) is 0 Å². The van der Waals surface area contributed by atoms with E-state index in [0.717, 1.165) is 101 Å². The predicted molar refractivity (Wildman–Crippen MR) is 319 cm³/mol. The van der Waals surface area contributed by atoms with Gasteiger partial charge in [0.2, 0.25) is 0 Å². The Morgan fingerprint density at radius 2 is 0.345 bits per heavy atom. The summed E-state index contributed by atoms with van der Waals surface area (Å²) in [5.74, 6) is 3.93. The Labute approximate surface area is 517 Å². The molecule has 0 N–H and O–H groups in total. The van der Waals surface area contributed by atoms with E-state index in [2.05, 4.69) is 84.8 Å². The average molecular weight is 1500 g/mol. The molecule has 0 atom stereocenters. The minimum absolute atomic E-state index is 0.00820. The number of ether oxygens (including phenoxy) is 6. The van der Waals surface area contributed by atoms with Crippen LogP contribution in [-0.4, -0.2) is 144 Å². The van der Waals surface area contributed by atoms with Gasteiger partial charge in [-0.1, -0.05) is 0 Å². The van der Waals surface area contributed by atoms with Crippen LogP contribution in [0.1, 0.15) is 33.4 Å². The number of benzene rings is 7. The van der Waals surface area contributed by atoms with Gasteiger partial charge in [0.1, 0.15) is 0 Å². The second kappa shape index (κ2) is 27.0. The van der Waals surface area contributed by atoms with Crippen molar-refractivity contribution >= 4 is 88.4 Å². The van der Waals surface area contributed by atoms with Gasteiger partial charge in [0, 0.05) is 0 Å². The van der Waals surface area contributed by atoms with E-state index in [0.29, 0.717) is 34.5 Å². The van der Waals surface area contributed by atoms with Crippen molar-refractivity contribution in [2.24, 2.45) is 0 Å². The Bertz CT molecular complexity index is 3430. The van der Waals surface area contributed by atoms with Crippen molar-refractivity contribution in [3.63, 3.8) is 0 Å². The fraction of sp³-hybridized carbons (Fsp3) is 0.100. The Kier molecular flexibility index (Phi) is 17.9. The normalized spacial score (nSPS) is 11.1. The van der Waals surface area contributed by atoms with Gasteiger partial charge in [-0.3, -0.25) is 0 Å². The number of rotatable bonds is 24. The summed E-state index contributed by atoms with van der Waals surface area (Å²) < 4.78 is 66.9. The minimum atomic E-state index is -0.00820. The summed E-state index contributed by atoms with van der Waals surface area (Å²) in [6, 6.07) is 47.6. The molecule has 0 unspecified atom stereocenters. The second-order valence-electron chi connectivity index (χ2n) is 18.5. The Morgan fingerprint density at radius 3 is 0.464 bits per heavy atom. The van der Waals surface area contributed by atoms with Crippen LogP contribution in [0.3, 0.4) is 0 Å². The summed E-state index contributed by atoms with van der Waals surface area (Å²) in [7, 11) is 0. The molecule has 0 aliphatic carbocycles. The molecule has 0 saturated carbocycles. The number of aromatic nitrogens is 12. The van der Waals surface area contributed by atoms with Crippen LogP contribution in [0.4, 0.5) is 0 Å². The zero-order valence-corrected chi connectivity index (χ0v) is 54.1. The molecule has 18 nitrogen and oxygen atoms in total. The molecule has 6 heterocycles. The molecule has 0 bridgehead atoms. The molecule has 0 radical (unpaired) electrons. The third-order valence-electron chi connectivity index (χ3n) is 13.5. The molecule has 0 aliphatic heterocycles. The van der Waals surface area contributed by atoms with Crippen LogP contribution in [-0.2, 0) is 39.6 Å². The first kappa shape index (κ1) is 55.7. The van der Waals surface area contributed by atoms with Crippen LogP contribution < -0.4 is 28.4 Å². The monoisotopic (exact) mass is 1510 g/mol. The van der Waals surface area contributed by atoms with Crippen molar-refractivity contribution in [2.45, 2.75) is 39.6 Å². The topological polar surface area (TPSA) is 210 Å². The van der Waals surface area contributed by atoms with Gasteiger partial charge in [0.15, 0.2) is 0 Å². The summed E-state index contributed by atoms with van der Waals surface area (Å²) in [4.78, 5) is 12.4. The molecule has 13 aromatic rings. The molecule has 0 saturated heterocycles. The van der Waals surface area contributed by atoms with Crippen LogP contribution in [0.15, 0.2) is 175 Å². The van der Waals surface area contributed by atoms with Gasteiger partial charge in [0.05, 0.1) is 0 Å². The Hall–Kier alpha value is -7.50. The van der Waals surface area contributed by atoms with E-state index in [1.54, 1.807) is 0 Å². The van der Waals surface area contributed by atoms with Crippen molar-refractivity contribution < 1.29 is 28.4 Å². The predicted octanol–water partition coefficient (Wildman–Crippen LogP) is 8.24. The third kappa shape index (κ3) is 13.5. The van der Waals surface area contributed by atoms with Crippen LogP contribution in [0.25, 0.3) is 67.5 Å². The SMILES string of the molecule is c1cc(-c2c[se]nn2)ccc1OCc1c(COc2ccc(-c3c[se]nn3)cc2)c(COc2ccc(-c3c[se]nn3)cc2)c(COc2ccc(-c3c[se]nn3)cc2)c(COc2ccc(-c3c[se]nn3)cc2)c1COc1ccc(-c2c[se]nn2)cc1. The molecule has 0 spiro atoms. The van der Waals surface area contributed by atoms with Crippen LogP contribution in [0.2, 0.25) is 0 Å². The molecule has 0 fully saturated rings. The van der Waals surface area contributed by atoms with Gasteiger partial charge in [-0.15, -0.1) is 0 Å². The maximum absolute atomic E-state index is 6.92. The van der Waals surface area contributed by atoms with Gasteiger partial charge >= 0.3 is 522 Å². The molecule has 0 amide bonds. The Morgan fingerprint density at radius 1 is 0.202 bits per heavy atom. The first-order valence-corrected chi connectivity index (χ1v) is 36.3. The van der Waals surface area contributed by atoms with Crippen molar-refractivity contribution in [2.75, 3.05) is 0 Å². The summed E-state index contributed by atoms with van der Waals surface area (Å²) in [5, 5.41) is 26.2. The molecule has 414 valence electrons.